The van der Waals surface area contributed by atoms with E-state index >= 15 is 0 Å². The Morgan fingerprint density at radius 2 is 1.57 bits per heavy atom. The van der Waals surface area contributed by atoms with Crippen molar-refractivity contribution in [1.82, 2.24) is 5.32 Å². The van der Waals surface area contributed by atoms with Gasteiger partial charge < -0.3 is 19.5 Å². The topological polar surface area (TPSA) is 90.9 Å². The fourth-order valence-electron chi connectivity index (χ4n) is 4.97. The van der Waals surface area contributed by atoms with Crippen molar-refractivity contribution in [1.29, 1.82) is 0 Å². The highest BCUT2D eigenvalue weighted by Crippen LogP contribution is 2.48. The van der Waals surface area contributed by atoms with Crippen molar-refractivity contribution in [2.45, 2.75) is 25.2 Å². The number of benzene rings is 2. The summed E-state index contributed by atoms with van der Waals surface area (Å²) in [6.45, 7) is 1.78. The molecule has 0 amide bonds. The number of ketones is 1. The van der Waals surface area contributed by atoms with Crippen LogP contribution < -0.4 is 10.1 Å². The molecule has 0 spiro atoms. The van der Waals surface area contributed by atoms with Gasteiger partial charge in [0, 0.05) is 33.8 Å². The number of halogens is 1. The van der Waals surface area contributed by atoms with E-state index in [1.807, 2.05) is 12.1 Å². The van der Waals surface area contributed by atoms with Crippen molar-refractivity contribution in [3.05, 3.63) is 87.2 Å². The molecule has 8 heteroatoms. The van der Waals surface area contributed by atoms with E-state index in [1.54, 1.807) is 50.4 Å². The van der Waals surface area contributed by atoms with Gasteiger partial charge in [0.2, 0.25) is 0 Å². The van der Waals surface area contributed by atoms with Crippen molar-refractivity contribution in [2.75, 3.05) is 21.3 Å². The Hall–Kier alpha value is -3.58. The van der Waals surface area contributed by atoms with E-state index in [0.717, 1.165) is 5.56 Å². The normalized spacial score (nSPS) is 21.7. The van der Waals surface area contributed by atoms with Gasteiger partial charge in [-0.05, 0) is 48.7 Å². The maximum absolute atomic E-state index is 14.1. The predicted octanol–water partition coefficient (Wildman–Crippen LogP) is 4.28. The molecule has 0 saturated carbocycles. The van der Waals surface area contributed by atoms with Crippen LogP contribution in [0.3, 0.4) is 0 Å². The highest BCUT2D eigenvalue weighted by atomic mass is 35.5. The summed E-state index contributed by atoms with van der Waals surface area (Å²) in [6, 6.07) is 14.2. The number of methoxy groups -OCH3 is 3. The number of ether oxygens (including phenoxy) is 3. The van der Waals surface area contributed by atoms with Gasteiger partial charge in [-0.15, -0.1) is 0 Å². The van der Waals surface area contributed by atoms with Gasteiger partial charge in [-0.3, -0.25) is 9.59 Å². The molecule has 2 aromatic carbocycles. The zero-order valence-electron chi connectivity index (χ0n) is 19.9. The van der Waals surface area contributed by atoms with E-state index < -0.39 is 29.7 Å². The monoisotopic (exact) mass is 495 g/mol. The fourth-order valence-corrected chi connectivity index (χ4v) is 5.09. The van der Waals surface area contributed by atoms with Gasteiger partial charge >= 0.3 is 11.9 Å². The van der Waals surface area contributed by atoms with Crippen LogP contribution in [-0.2, 0) is 23.9 Å². The number of rotatable bonds is 5. The molecule has 0 unspecified atom stereocenters. The molecule has 2 aliphatic rings. The summed E-state index contributed by atoms with van der Waals surface area (Å²) < 4.78 is 15.4. The Balaban J connectivity index is 1.88. The third kappa shape index (κ3) is 4.44. The summed E-state index contributed by atoms with van der Waals surface area (Å²) in [7, 11) is 4.14. The van der Waals surface area contributed by atoms with Crippen molar-refractivity contribution in [2.24, 2.45) is 5.92 Å². The quantitative estimate of drug-likeness (QED) is 0.489. The lowest BCUT2D eigenvalue weighted by Gasteiger charge is -2.39. The zero-order valence-corrected chi connectivity index (χ0v) is 20.6. The Morgan fingerprint density at radius 3 is 2.14 bits per heavy atom. The average molecular weight is 496 g/mol. The molecule has 1 N–H and O–H groups in total. The Bertz CT molecular complexity index is 1230. The molecule has 35 heavy (non-hydrogen) atoms. The highest BCUT2D eigenvalue weighted by Gasteiger charge is 2.48. The van der Waals surface area contributed by atoms with Crippen LogP contribution in [0.15, 0.2) is 71.1 Å². The third-order valence-electron chi connectivity index (χ3n) is 6.63. The van der Waals surface area contributed by atoms with E-state index in [1.165, 1.54) is 14.2 Å². The van der Waals surface area contributed by atoms with Gasteiger partial charge in [0.25, 0.3) is 0 Å². The van der Waals surface area contributed by atoms with Crippen LogP contribution in [0.4, 0.5) is 0 Å². The maximum Gasteiger partial charge on any atom is 0.336 e. The lowest BCUT2D eigenvalue weighted by molar-refractivity contribution is -0.150. The minimum Gasteiger partial charge on any atom is -0.497 e. The molecule has 4 rings (SSSR count). The van der Waals surface area contributed by atoms with E-state index in [2.05, 4.69) is 5.32 Å². The van der Waals surface area contributed by atoms with Gasteiger partial charge in [-0.1, -0.05) is 35.9 Å². The van der Waals surface area contributed by atoms with Gasteiger partial charge in [-0.2, -0.15) is 0 Å². The molecular weight excluding hydrogens is 470 g/mol. The van der Waals surface area contributed by atoms with Crippen molar-refractivity contribution >= 4 is 29.3 Å². The molecule has 2 aromatic rings. The van der Waals surface area contributed by atoms with Crippen LogP contribution in [0, 0.1) is 5.92 Å². The SMILES string of the molecule is COC(=O)C1=C(C)NC2=C(C(=O)[C@H](C(=O)OC)[C@H](c3ccc(OC)cc3)C2)[C@H]1c1ccc(Cl)cc1. The molecule has 0 saturated heterocycles. The van der Waals surface area contributed by atoms with E-state index in [-0.39, 0.29) is 5.78 Å². The molecule has 0 fully saturated rings. The number of dihydropyridines is 1. The van der Waals surface area contributed by atoms with Crippen LogP contribution in [0.1, 0.15) is 36.3 Å². The van der Waals surface area contributed by atoms with Gasteiger partial charge in [-0.25, -0.2) is 4.79 Å². The minimum atomic E-state index is -1.07. The summed E-state index contributed by atoms with van der Waals surface area (Å²) in [5.41, 5.74) is 3.44. The second kappa shape index (κ2) is 9.96. The number of carbonyl (C=O) groups excluding carboxylic acids is 3. The summed E-state index contributed by atoms with van der Waals surface area (Å²) in [6.07, 6.45) is 0.378. The first-order valence-corrected chi connectivity index (χ1v) is 11.5. The number of allylic oxidation sites excluding steroid dienone is 3. The molecule has 1 heterocycles. The van der Waals surface area contributed by atoms with E-state index in [0.29, 0.717) is 45.3 Å². The minimum absolute atomic E-state index is 0.313. The van der Waals surface area contributed by atoms with Crippen LogP contribution in [0.25, 0.3) is 0 Å². The van der Waals surface area contributed by atoms with Gasteiger partial charge in [0.1, 0.15) is 11.7 Å². The average Bonchev–Trinajstić information content (AvgIpc) is 2.87. The molecule has 3 atom stereocenters. The zero-order chi connectivity index (χ0) is 25.3. The lowest BCUT2D eigenvalue weighted by atomic mass is 9.67. The van der Waals surface area contributed by atoms with Crippen molar-refractivity contribution in [3.8, 4) is 5.75 Å². The van der Waals surface area contributed by atoms with Crippen LogP contribution in [-0.4, -0.2) is 39.1 Å². The molecule has 1 aliphatic heterocycles. The molecule has 7 nitrogen and oxygen atoms in total. The van der Waals surface area contributed by atoms with E-state index in [4.69, 9.17) is 25.8 Å². The molecule has 0 bridgehead atoms. The second-order valence-electron chi connectivity index (χ2n) is 8.48. The van der Waals surface area contributed by atoms with Gasteiger partial charge in [0.15, 0.2) is 5.78 Å². The smallest absolute Gasteiger partial charge is 0.336 e. The Morgan fingerprint density at radius 1 is 0.943 bits per heavy atom. The van der Waals surface area contributed by atoms with Crippen LogP contribution >= 0.6 is 11.6 Å². The number of esters is 2. The summed E-state index contributed by atoms with van der Waals surface area (Å²) >= 11 is 6.10. The molecule has 0 radical (unpaired) electrons. The first-order chi connectivity index (χ1) is 16.8. The molecule has 0 aromatic heterocycles. The predicted molar refractivity (Wildman–Crippen MR) is 130 cm³/mol. The number of carbonyl (C=O) groups is 3. The van der Waals surface area contributed by atoms with Gasteiger partial charge in [0.05, 0.1) is 26.9 Å². The largest absolute Gasteiger partial charge is 0.497 e. The highest BCUT2D eigenvalue weighted by molar-refractivity contribution is 6.30. The molecule has 1 aliphatic carbocycles. The standard InChI is InChI=1S/C27H26ClNO6/c1-14-21(26(31)34-3)22(16-5-9-17(28)10-6-16)24-20(29-14)13-19(23(25(24)30)27(32)35-4)15-7-11-18(33-2)12-8-15/h5-12,19,22-23,29H,13H2,1-4H3/t19-,22-,23+/m0/s1. The first-order valence-electron chi connectivity index (χ1n) is 11.1. The first kappa shape index (κ1) is 24.5. The van der Waals surface area contributed by atoms with Crippen LogP contribution in [0.2, 0.25) is 5.02 Å². The van der Waals surface area contributed by atoms with Crippen LogP contribution in [0.5, 0.6) is 5.75 Å². The summed E-state index contributed by atoms with van der Waals surface area (Å²) in [5, 5.41) is 3.79. The number of nitrogens with one attached hydrogen (secondary N) is 1. The molecule has 182 valence electrons. The number of Topliss-reactive ketones (excluding diaryl/α,β-unsaturated/α-hetero) is 1. The number of hydrogen-bond acceptors (Lipinski definition) is 7. The molecular formula is C27H26ClNO6. The number of hydrogen-bond donors (Lipinski definition) is 1. The Labute approximate surface area is 208 Å². The fraction of sp³-hybridized carbons (Fsp3) is 0.296. The summed E-state index contributed by atoms with van der Waals surface area (Å²) in [4.78, 5) is 39.9. The third-order valence-corrected chi connectivity index (χ3v) is 6.88. The van der Waals surface area contributed by atoms with Crippen molar-refractivity contribution < 1.29 is 28.6 Å². The lowest BCUT2D eigenvalue weighted by Crippen LogP contribution is -2.43. The summed E-state index contributed by atoms with van der Waals surface area (Å²) in [5.74, 6) is -3.13. The second-order valence-corrected chi connectivity index (χ2v) is 8.92. The van der Waals surface area contributed by atoms with E-state index in [9.17, 15) is 14.4 Å². The maximum atomic E-state index is 14.1. The Kier molecular flexibility index (Phi) is 6.98. The van der Waals surface area contributed by atoms with Crippen molar-refractivity contribution in [3.63, 3.8) is 0 Å².